The van der Waals surface area contributed by atoms with Crippen molar-refractivity contribution >= 4 is 17.4 Å². The molecule has 1 aliphatic rings. The summed E-state index contributed by atoms with van der Waals surface area (Å²) >= 11 is 1.93. The predicted octanol–water partition coefficient (Wildman–Crippen LogP) is 2.14. The molecule has 70 valence electrons. The topological polar surface area (TPSA) is 24.9 Å². The molecular formula is C9H11FN2S. The standard InChI is InChI=1S/C9H11FN2S/c10-7-3-9(5-11-4-7)12-8-1-2-13-6-8/h3-5,8,12H,1-2,6H2. The third kappa shape index (κ3) is 2.34. The zero-order chi connectivity index (χ0) is 9.10. The lowest BCUT2D eigenvalue weighted by Gasteiger charge is -2.11. The zero-order valence-electron chi connectivity index (χ0n) is 7.16. The maximum absolute atomic E-state index is 12.7. The van der Waals surface area contributed by atoms with Crippen molar-refractivity contribution in [1.82, 2.24) is 4.98 Å². The van der Waals surface area contributed by atoms with Gasteiger partial charge in [-0.25, -0.2) is 4.39 Å². The smallest absolute Gasteiger partial charge is 0.143 e. The van der Waals surface area contributed by atoms with Crippen LogP contribution in [-0.2, 0) is 0 Å². The number of pyridine rings is 1. The molecule has 1 aromatic heterocycles. The van der Waals surface area contributed by atoms with Gasteiger partial charge in [-0.1, -0.05) is 0 Å². The molecule has 0 radical (unpaired) electrons. The van der Waals surface area contributed by atoms with Crippen LogP contribution in [0.4, 0.5) is 10.1 Å². The summed E-state index contributed by atoms with van der Waals surface area (Å²) in [5, 5.41) is 3.26. The average molecular weight is 198 g/mol. The fourth-order valence-corrected chi connectivity index (χ4v) is 2.53. The SMILES string of the molecule is Fc1cncc(NC2CCSC2)c1. The first kappa shape index (κ1) is 8.81. The van der Waals surface area contributed by atoms with Gasteiger partial charge in [-0.3, -0.25) is 4.98 Å². The average Bonchev–Trinajstić information content (AvgIpc) is 2.57. The minimum Gasteiger partial charge on any atom is -0.380 e. The van der Waals surface area contributed by atoms with Gasteiger partial charge in [-0.15, -0.1) is 0 Å². The second-order valence-corrected chi connectivity index (χ2v) is 4.25. The van der Waals surface area contributed by atoms with E-state index in [0.29, 0.717) is 6.04 Å². The maximum Gasteiger partial charge on any atom is 0.143 e. The van der Waals surface area contributed by atoms with Crippen LogP contribution >= 0.6 is 11.8 Å². The van der Waals surface area contributed by atoms with Gasteiger partial charge in [0.2, 0.25) is 0 Å². The molecule has 1 atom stereocenters. The van der Waals surface area contributed by atoms with Crippen LogP contribution in [-0.4, -0.2) is 22.5 Å². The van der Waals surface area contributed by atoms with Crippen molar-refractivity contribution in [2.75, 3.05) is 16.8 Å². The van der Waals surface area contributed by atoms with Crippen molar-refractivity contribution in [3.63, 3.8) is 0 Å². The highest BCUT2D eigenvalue weighted by atomic mass is 32.2. The van der Waals surface area contributed by atoms with Crippen LogP contribution in [0.25, 0.3) is 0 Å². The van der Waals surface area contributed by atoms with Gasteiger partial charge in [0.25, 0.3) is 0 Å². The quantitative estimate of drug-likeness (QED) is 0.788. The van der Waals surface area contributed by atoms with Crippen LogP contribution in [0.3, 0.4) is 0 Å². The van der Waals surface area contributed by atoms with Gasteiger partial charge < -0.3 is 5.32 Å². The van der Waals surface area contributed by atoms with Crippen molar-refractivity contribution in [1.29, 1.82) is 0 Å². The first-order valence-corrected chi connectivity index (χ1v) is 5.45. The zero-order valence-corrected chi connectivity index (χ0v) is 7.98. The highest BCUT2D eigenvalue weighted by molar-refractivity contribution is 7.99. The Morgan fingerprint density at radius 2 is 2.46 bits per heavy atom. The molecule has 1 aliphatic heterocycles. The lowest BCUT2D eigenvalue weighted by atomic mass is 10.2. The van der Waals surface area contributed by atoms with E-state index in [2.05, 4.69) is 10.3 Å². The van der Waals surface area contributed by atoms with Crippen LogP contribution in [0.15, 0.2) is 18.5 Å². The molecule has 2 nitrogen and oxygen atoms in total. The Morgan fingerprint density at radius 1 is 1.54 bits per heavy atom. The Bertz CT molecular complexity index is 287. The second kappa shape index (κ2) is 3.96. The lowest BCUT2D eigenvalue weighted by molar-refractivity contribution is 0.621. The molecule has 1 N–H and O–H groups in total. The number of nitrogens with one attached hydrogen (secondary N) is 1. The van der Waals surface area contributed by atoms with E-state index < -0.39 is 0 Å². The minimum absolute atomic E-state index is 0.282. The summed E-state index contributed by atoms with van der Waals surface area (Å²) in [4.78, 5) is 3.78. The van der Waals surface area contributed by atoms with E-state index in [1.807, 2.05) is 11.8 Å². The van der Waals surface area contributed by atoms with Crippen LogP contribution in [0.1, 0.15) is 6.42 Å². The van der Waals surface area contributed by atoms with Crippen LogP contribution in [0.5, 0.6) is 0 Å². The Balaban J connectivity index is 2.00. The van der Waals surface area contributed by atoms with Crippen molar-refractivity contribution in [2.45, 2.75) is 12.5 Å². The van der Waals surface area contributed by atoms with Gasteiger partial charge >= 0.3 is 0 Å². The number of hydrogen-bond acceptors (Lipinski definition) is 3. The van der Waals surface area contributed by atoms with E-state index in [1.54, 1.807) is 6.20 Å². The molecule has 13 heavy (non-hydrogen) atoms. The molecule has 1 aromatic rings. The largest absolute Gasteiger partial charge is 0.380 e. The van der Waals surface area contributed by atoms with Gasteiger partial charge in [-0.2, -0.15) is 11.8 Å². The third-order valence-corrected chi connectivity index (χ3v) is 3.17. The monoisotopic (exact) mass is 198 g/mol. The van der Waals surface area contributed by atoms with E-state index >= 15 is 0 Å². The number of aromatic nitrogens is 1. The molecule has 0 aromatic carbocycles. The number of thioether (sulfide) groups is 1. The number of nitrogens with zero attached hydrogens (tertiary/aromatic N) is 1. The summed E-state index contributed by atoms with van der Waals surface area (Å²) in [7, 11) is 0. The number of anilines is 1. The van der Waals surface area contributed by atoms with Gasteiger partial charge in [0.15, 0.2) is 0 Å². The molecule has 1 unspecified atom stereocenters. The van der Waals surface area contributed by atoms with E-state index in [0.717, 1.165) is 17.9 Å². The highest BCUT2D eigenvalue weighted by Gasteiger charge is 2.14. The molecule has 0 spiro atoms. The van der Waals surface area contributed by atoms with Gasteiger partial charge in [-0.05, 0) is 12.2 Å². The van der Waals surface area contributed by atoms with Crippen molar-refractivity contribution in [2.24, 2.45) is 0 Å². The maximum atomic E-state index is 12.7. The summed E-state index contributed by atoms with van der Waals surface area (Å²) in [5.41, 5.74) is 0.785. The van der Waals surface area contributed by atoms with Crippen LogP contribution in [0, 0.1) is 5.82 Å². The molecule has 2 heterocycles. The third-order valence-electron chi connectivity index (χ3n) is 2.01. The fraction of sp³-hybridized carbons (Fsp3) is 0.444. The summed E-state index contributed by atoms with van der Waals surface area (Å²) in [5.74, 6) is 2.02. The van der Waals surface area contributed by atoms with Gasteiger partial charge in [0, 0.05) is 17.9 Å². The summed E-state index contributed by atoms with van der Waals surface area (Å²) in [6.45, 7) is 0. The molecule has 2 rings (SSSR count). The normalized spacial score (nSPS) is 21.8. The first-order chi connectivity index (χ1) is 6.34. The van der Waals surface area contributed by atoms with Crippen molar-refractivity contribution < 1.29 is 4.39 Å². The number of hydrogen-bond donors (Lipinski definition) is 1. The molecule has 0 amide bonds. The molecule has 4 heteroatoms. The summed E-state index contributed by atoms with van der Waals surface area (Å²) in [6, 6.07) is 1.96. The van der Waals surface area contributed by atoms with E-state index in [9.17, 15) is 4.39 Å². The second-order valence-electron chi connectivity index (χ2n) is 3.10. The number of rotatable bonds is 2. The van der Waals surface area contributed by atoms with E-state index in [-0.39, 0.29) is 5.82 Å². The van der Waals surface area contributed by atoms with Crippen molar-refractivity contribution in [3.05, 3.63) is 24.3 Å². The lowest BCUT2D eigenvalue weighted by Crippen LogP contribution is -2.18. The molecule has 1 fully saturated rings. The van der Waals surface area contributed by atoms with Crippen LogP contribution < -0.4 is 5.32 Å². The Hall–Kier alpha value is -0.770. The fourth-order valence-electron chi connectivity index (χ4n) is 1.37. The van der Waals surface area contributed by atoms with Gasteiger partial charge in [0.1, 0.15) is 5.82 Å². The van der Waals surface area contributed by atoms with E-state index in [4.69, 9.17) is 0 Å². The molecule has 1 saturated heterocycles. The Labute approximate surface area is 80.9 Å². The highest BCUT2D eigenvalue weighted by Crippen LogP contribution is 2.21. The number of halogens is 1. The van der Waals surface area contributed by atoms with Gasteiger partial charge in [0.05, 0.1) is 18.1 Å². The molecule has 0 bridgehead atoms. The van der Waals surface area contributed by atoms with Crippen LogP contribution in [0.2, 0.25) is 0 Å². The Kier molecular flexibility index (Phi) is 2.68. The summed E-state index contributed by atoms with van der Waals surface area (Å²) in [6.07, 6.45) is 4.03. The summed E-state index contributed by atoms with van der Waals surface area (Å²) < 4.78 is 12.7. The van der Waals surface area contributed by atoms with E-state index in [1.165, 1.54) is 18.0 Å². The van der Waals surface area contributed by atoms with Crippen molar-refractivity contribution in [3.8, 4) is 0 Å². The minimum atomic E-state index is -0.282. The predicted molar refractivity (Wildman–Crippen MR) is 53.5 cm³/mol. The molecule has 0 saturated carbocycles. The molecular weight excluding hydrogens is 187 g/mol. The first-order valence-electron chi connectivity index (χ1n) is 4.29. The Morgan fingerprint density at radius 3 is 3.15 bits per heavy atom. The molecule has 0 aliphatic carbocycles.